The van der Waals surface area contributed by atoms with Gasteiger partial charge in [-0.3, -0.25) is 9.59 Å². The second-order valence-corrected chi connectivity index (χ2v) is 8.48. The van der Waals surface area contributed by atoms with E-state index < -0.39 is 0 Å². The fourth-order valence-electron chi connectivity index (χ4n) is 3.51. The Morgan fingerprint density at radius 1 is 0.824 bits per heavy atom. The third-order valence-electron chi connectivity index (χ3n) is 5.12. The third-order valence-corrected chi connectivity index (χ3v) is 6.28. The first-order chi connectivity index (χ1) is 16.6. The number of phenolic OH excluding ortho intramolecular Hbond substituents is 1. The van der Waals surface area contributed by atoms with Crippen LogP contribution in [0.25, 0.3) is 11.1 Å². The zero-order valence-electron chi connectivity index (χ0n) is 18.8. The van der Waals surface area contributed by atoms with Crippen molar-refractivity contribution in [1.29, 1.82) is 0 Å². The highest BCUT2D eigenvalue weighted by Gasteiger charge is 2.09. The maximum Gasteiger partial charge on any atom is 0.204 e. The van der Waals surface area contributed by atoms with E-state index in [9.17, 15) is 9.90 Å². The Morgan fingerprint density at radius 3 is 2.24 bits per heavy atom. The maximum absolute atomic E-state index is 11.3. The van der Waals surface area contributed by atoms with Crippen LogP contribution in [0.1, 0.15) is 21.5 Å². The number of rotatable bonds is 7. The molecular weight excluding hydrogens is 444 g/mol. The van der Waals surface area contributed by atoms with Gasteiger partial charge in [-0.1, -0.05) is 72.4 Å². The van der Waals surface area contributed by atoms with Gasteiger partial charge < -0.3 is 16.2 Å². The highest BCUT2D eigenvalue weighted by Crippen LogP contribution is 2.36. The molecule has 0 aliphatic carbocycles. The van der Waals surface area contributed by atoms with E-state index in [1.807, 2.05) is 43.4 Å². The molecule has 0 saturated carbocycles. The number of hydrogen-bond donors (Lipinski definition) is 3. The van der Waals surface area contributed by atoms with Crippen molar-refractivity contribution in [2.45, 2.75) is 16.2 Å². The van der Waals surface area contributed by atoms with Crippen molar-refractivity contribution in [3.8, 4) is 16.9 Å². The van der Waals surface area contributed by atoms with Crippen molar-refractivity contribution < 1.29 is 14.7 Å². The molecule has 0 heterocycles. The van der Waals surface area contributed by atoms with Gasteiger partial charge in [0.1, 0.15) is 5.75 Å². The predicted octanol–water partition coefficient (Wildman–Crippen LogP) is 5.76. The molecular formula is C28H26N2O3S. The van der Waals surface area contributed by atoms with E-state index in [0.29, 0.717) is 5.56 Å². The number of nitrogens with two attached hydrogens (primary N) is 1. The molecule has 0 aliphatic rings. The van der Waals surface area contributed by atoms with Crippen LogP contribution in [-0.4, -0.2) is 24.9 Å². The summed E-state index contributed by atoms with van der Waals surface area (Å²) in [5, 5.41) is 12.8. The number of anilines is 1. The van der Waals surface area contributed by atoms with Gasteiger partial charge in [0.25, 0.3) is 0 Å². The minimum atomic E-state index is 0.250. The number of phenols is 1. The second-order valence-electron chi connectivity index (χ2n) is 7.40. The van der Waals surface area contributed by atoms with Crippen LogP contribution in [0.2, 0.25) is 0 Å². The van der Waals surface area contributed by atoms with Crippen molar-refractivity contribution in [1.82, 2.24) is 0 Å². The summed E-state index contributed by atoms with van der Waals surface area (Å²) in [6.45, 7) is 0. The molecule has 0 saturated heterocycles. The fourth-order valence-corrected chi connectivity index (χ4v) is 4.54. The lowest BCUT2D eigenvalue weighted by Crippen LogP contribution is -1.95. The summed E-state index contributed by atoms with van der Waals surface area (Å²) in [6.07, 6.45) is 1.97. The van der Waals surface area contributed by atoms with Crippen molar-refractivity contribution >= 4 is 30.1 Å². The number of primary amides is 1. The predicted molar refractivity (Wildman–Crippen MR) is 139 cm³/mol. The van der Waals surface area contributed by atoms with Gasteiger partial charge in [-0.2, -0.15) is 0 Å². The van der Waals surface area contributed by atoms with Gasteiger partial charge in [0.05, 0.1) is 0 Å². The van der Waals surface area contributed by atoms with E-state index in [4.69, 9.17) is 4.79 Å². The van der Waals surface area contributed by atoms with Crippen LogP contribution >= 0.6 is 11.8 Å². The van der Waals surface area contributed by atoms with E-state index in [0.717, 1.165) is 39.3 Å². The van der Waals surface area contributed by atoms with E-state index >= 15 is 0 Å². The molecule has 1 amide bonds. The standard InChI is InChI=1S/C27H23NO2S.CH3NO/c1-28-25-17-20(9-14-27(25)31-26-8-3-2-6-23(26)18-29)15-19-5-4-7-22(16-19)21-10-12-24(30)13-11-21;2-1-3/h2-14,16-18,28,30H,15H2,1H3;1H,(H2,2,3). The zero-order valence-corrected chi connectivity index (χ0v) is 19.6. The number of carbonyl (C=O) groups excluding carboxylic acids is 2. The van der Waals surface area contributed by atoms with Crippen LogP contribution in [0.15, 0.2) is 101 Å². The van der Waals surface area contributed by atoms with Crippen molar-refractivity contribution in [3.05, 3.63) is 108 Å². The second kappa shape index (κ2) is 12.3. The van der Waals surface area contributed by atoms with Gasteiger partial charge in [0.15, 0.2) is 6.29 Å². The molecule has 0 aromatic heterocycles. The molecule has 34 heavy (non-hydrogen) atoms. The van der Waals surface area contributed by atoms with Crippen LogP contribution in [-0.2, 0) is 11.2 Å². The van der Waals surface area contributed by atoms with Gasteiger partial charge in [0.2, 0.25) is 6.41 Å². The Kier molecular flexibility index (Phi) is 8.88. The first-order valence-electron chi connectivity index (χ1n) is 10.6. The molecule has 4 aromatic carbocycles. The molecule has 0 radical (unpaired) electrons. The van der Waals surface area contributed by atoms with E-state index in [-0.39, 0.29) is 12.2 Å². The molecule has 4 rings (SSSR count). The number of nitrogens with one attached hydrogen (secondary N) is 1. The van der Waals surface area contributed by atoms with Gasteiger partial charge in [0, 0.05) is 28.1 Å². The lowest BCUT2D eigenvalue weighted by atomic mass is 9.99. The van der Waals surface area contributed by atoms with Crippen molar-refractivity contribution in [3.63, 3.8) is 0 Å². The zero-order chi connectivity index (χ0) is 24.3. The number of aromatic hydroxyl groups is 1. The summed E-state index contributed by atoms with van der Waals surface area (Å²) in [5.74, 6) is 0.272. The summed E-state index contributed by atoms with van der Waals surface area (Å²) in [6, 6.07) is 29.8. The van der Waals surface area contributed by atoms with Crippen LogP contribution in [0, 0.1) is 0 Å². The lowest BCUT2D eigenvalue weighted by molar-refractivity contribution is -0.106. The normalized spacial score (nSPS) is 10.0. The Labute approximate surface area is 203 Å². The van der Waals surface area contributed by atoms with Crippen LogP contribution < -0.4 is 11.1 Å². The number of benzene rings is 4. The largest absolute Gasteiger partial charge is 0.508 e. The quantitative estimate of drug-likeness (QED) is 0.299. The van der Waals surface area contributed by atoms with Crippen molar-refractivity contribution in [2.75, 3.05) is 12.4 Å². The first kappa shape index (κ1) is 24.6. The van der Waals surface area contributed by atoms with E-state index in [1.165, 1.54) is 11.1 Å². The molecule has 5 nitrogen and oxygen atoms in total. The highest BCUT2D eigenvalue weighted by molar-refractivity contribution is 7.99. The third kappa shape index (κ3) is 6.49. The molecule has 0 fully saturated rings. The van der Waals surface area contributed by atoms with Gasteiger partial charge >= 0.3 is 0 Å². The molecule has 0 unspecified atom stereocenters. The summed E-state index contributed by atoms with van der Waals surface area (Å²) in [5.41, 5.74) is 10.5. The average Bonchev–Trinajstić information content (AvgIpc) is 2.86. The number of aldehydes is 1. The van der Waals surface area contributed by atoms with Gasteiger partial charge in [-0.25, -0.2) is 0 Å². The van der Waals surface area contributed by atoms with Gasteiger partial charge in [-0.05, 0) is 59.0 Å². The topological polar surface area (TPSA) is 92.4 Å². The molecule has 0 spiro atoms. The number of amides is 1. The molecule has 4 N–H and O–H groups in total. The molecule has 0 aliphatic heterocycles. The molecule has 172 valence electrons. The number of hydrogen-bond acceptors (Lipinski definition) is 5. The Bertz CT molecular complexity index is 1260. The van der Waals surface area contributed by atoms with Crippen LogP contribution in [0.3, 0.4) is 0 Å². The molecule has 4 aromatic rings. The monoisotopic (exact) mass is 470 g/mol. The lowest BCUT2D eigenvalue weighted by Gasteiger charge is -2.13. The SMILES string of the molecule is CNc1cc(Cc2cccc(-c3ccc(O)cc3)c2)ccc1Sc1ccccc1C=O.NC=O. The average molecular weight is 471 g/mol. The maximum atomic E-state index is 11.3. The Hall–Kier alpha value is -4.03. The summed E-state index contributed by atoms with van der Waals surface area (Å²) in [4.78, 5) is 21.9. The molecule has 0 bridgehead atoms. The smallest absolute Gasteiger partial charge is 0.204 e. The summed E-state index contributed by atoms with van der Waals surface area (Å²) < 4.78 is 0. The van der Waals surface area contributed by atoms with Crippen LogP contribution in [0.4, 0.5) is 5.69 Å². The van der Waals surface area contributed by atoms with E-state index in [1.54, 1.807) is 23.9 Å². The van der Waals surface area contributed by atoms with Crippen molar-refractivity contribution in [2.24, 2.45) is 5.73 Å². The molecule has 0 atom stereocenters. The Morgan fingerprint density at radius 2 is 1.53 bits per heavy atom. The highest BCUT2D eigenvalue weighted by atomic mass is 32.2. The minimum absolute atomic E-state index is 0.250. The number of carbonyl (C=O) groups is 2. The summed E-state index contributed by atoms with van der Waals surface area (Å²) >= 11 is 1.59. The van der Waals surface area contributed by atoms with Crippen LogP contribution in [0.5, 0.6) is 5.75 Å². The fraction of sp³-hybridized carbons (Fsp3) is 0.0714. The first-order valence-corrected chi connectivity index (χ1v) is 11.5. The van der Waals surface area contributed by atoms with E-state index in [2.05, 4.69) is 53.5 Å². The van der Waals surface area contributed by atoms with Gasteiger partial charge in [-0.15, -0.1) is 0 Å². The minimum Gasteiger partial charge on any atom is -0.508 e. The Balaban J connectivity index is 0.00000103. The summed E-state index contributed by atoms with van der Waals surface area (Å²) in [7, 11) is 1.92. The molecule has 6 heteroatoms.